The summed E-state index contributed by atoms with van der Waals surface area (Å²) in [6.45, 7) is 2.67. The number of nitrogens with zero attached hydrogens (tertiary/aromatic N) is 1. The molecule has 1 saturated heterocycles. The molecule has 0 unspecified atom stereocenters. The molecule has 0 radical (unpaired) electrons. The third kappa shape index (κ3) is 2.03. The Labute approximate surface area is 124 Å². The van der Waals surface area contributed by atoms with E-state index in [-0.39, 0.29) is 11.5 Å². The third-order valence-electron chi connectivity index (χ3n) is 5.56. The molecule has 2 aliphatic carbocycles. The van der Waals surface area contributed by atoms with Crippen LogP contribution < -0.4 is 5.63 Å². The normalized spacial score (nSPS) is 28.0. The quantitative estimate of drug-likeness (QED) is 0.840. The molecule has 0 N–H and O–H groups in total. The van der Waals surface area contributed by atoms with Crippen molar-refractivity contribution in [1.29, 1.82) is 0 Å². The van der Waals surface area contributed by atoms with Crippen LogP contribution in [0.4, 0.5) is 0 Å². The molecular formula is C17H21NO3. The Hall–Kier alpha value is -1.58. The molecule has 2 atom stereocenters. The summed E-state index contributed by atoms with van der Waals surface area (Å²) in [5, 5.41) is 0. The number of hydrogen-bond acceptors (Lipinski definition) is 3. The molecule has 4 nitrogen and oxygen atoms in total. The smallest absolute Gasteiger partial charge is 0.349 e. The predicted octanol–water partition coefficient (Wildman–Crippen LogP) is 2.84. The SMILES string of the molecule is Cc1cc(C2CCC2)oc(=O)c1C(=O)N1C[C@H]2CC[C@H]1C2. The zero-order valence-corrected chi connectivity index (χ0v) is 12.4. The fourth-order valence-corrected chi connectivity index (χ4v) is 4.10. The van der Waals surface area contributed by atoms with Crippen LogP contribution >= 0.6 is 0 Å². The Bertz CT molecular complexity index is 644. The minimum absolute atomic E-state index is 0.117. The molecule has 112 valence electrons. The van der Waals surface area contributed by atoms with Gasteiger partial charge < -0.3 is 9.32 Å². The molecule has 0 spiro atoms. The lowest BCUT2D eigenvalue weighted by Crippen LogP contribution is -2.40. The maximum absolute atomic E-state index is 12.7. The van der Waals surface area contributed by atoms with Gasteiger partial charge in [0.1, 0.15) is 11.3 Å². The van der Waals surface area contributed by atoms with Gasteiger partial charge in [-0.25, -0.2) is 4.79 Å². The molecule has 1 amide bonds. The van der Waals surface area contributed by atoms with Gasteiger partial charge in [0.05, 0.1) is 0 Å². The van der Waals surface area contributed by atoms with E-state index in [1.807, 2.05) is 17.9 Å². The molecular weight excluding hydrogens is 266 g/mol. The van der Waals surface area contributed by atoms with Crippen LogP contribution in [0.25, 0.3) is 0 Å². The van der Waals surface area contributed by atoms with Crippen molar-refractivity contribution >= 4 is 5.91 Å². The third-order valence-corrected chi connectivity index (χ3v) is 5.56. The number of fused-ring (bicyclic) bond motifs is 2. The Morgan fingerprint density at radius 1 is 1.29 bits per heavy atom. The average molecular weight is 287 g/mol. The van der Waals surface area contributed by atoms with Crippen LogP contribution in [0.1, 0.15) is 66.1 Å². The Balaban J connectivity index is 1.65. The zero-order valence-electron chi connectivity index (χ0n) is 12.4. The van der Waals surface area contributed by atoms with Crippen LogP contribution in [0.15, 0.2) is 15.3 Å². The minimum Gasteiger partial charge on any atom is -0.427 e. The van der Waals surface area contributed by atoms with E-state index in [1.165, 1.54) is 12.8 Å². The first-order valence-electron chi connectivity index (χ1n) is 8.09. The van der Waals surface area contributed by atoms with Crippen LogP contribution in [0.2, 0.25) is 0 Å². The lowest BCUT2D eigenvalue weighted by Gasteiger charge is -2.28. The number of aryl methyl sites for hydroxylation is 1. The fraction of sp³-hybridized carbons (Fsp3) is 0.647. The van der Waals surface area contributed by atoms with Crippen LogP contribution in [0, 0.1) is 12.8 Å². The van der Waals surface area contributed by atoms with Crippen molar-refractivity contribution in [3.63, 3.8) is 0 Å². The van der Waals surface area contributed by atoms with E-state index in [1.54, 1.807) is 0 Å². The number of piperidine rings is 1. The maximum atomic E-state index is 12.7. The predicted molar refractivity (Wildman–Crippen MR) is 78.5 cm³/mol. The van der Waals surface area contributed by atoms with Gasteiger partial charge in [-0.15, -0.1) is 0 Å². The van der Waals surface area contributed by atoms with Crippen molar-refractivity contribution in [2.75, 3.05) is 6.54 Å². The molecule has 1 aromatic heterocycles. The highest BCUT2D eigenvalue weighted by Gasteiger charge is 2.41. The standard InChI is InChI=1S/C17H21NO3/c1-10-7-14(12-3-2-4-12)21-17(20)15(10)16(19)18-9-11-5-6-13(18)8-11/h7,11-13H,2-6,8-9H2,1H3/t11-,13-/m0/s1. The highest BCUT2D eigenvalue weighted by molar-refractivity contribution is 5.95. The largest absolute Gasteiger partial charge is 0.427 e. The molecule has 21 heavy (non-hydrogen) atoms. The lowest BCUT2D eigenvalue weighted by molar-refractivity contribution is 0.0697. The number of hydrogen-bond donors (Lipinski definition) is 0. The number of rotatable bonds is 2. The summed E-state index contributed by atoms with van der Waals surface area (Å²) in [5.74, 6) is 1.67. The van der Waals surface area contributed by atoms with Crippen LogP contribution in [0.5, 0.6) is 0 Å². The van der Waals surface area contributed by atoms with E-state index in [0.29, 0.717) is 17.9 Å². The molecule has 2 bridgehead atoms. The van der Waals surface area contributed by atoms with E-state index in [2.05, 4.69) is 0 Å². The molecule has 2 heterocycles. The Morgan fingerprint density at radius 2 is 2.10 bits per heavy atom. The van der Waals surface area contributed by atoms with Crippen molar-refractivity contribution in [2.45, 2.75) is 57.4 Å². The molecule has 3 aliphatic rings. The van der Waals surface area contributed by atoms with Crippen LogP contribution in [0.3, 0.4) is 0 Å². The van der Waals surface area contributed by atoms with E-state index < -0.39 is 5.63 Å². The van der Waals surface area contributed by atoms with Gasteiger partial charge in [-0.05, 0) is 56.6 Å². The van der Waals surface area contributed by atoms with Gasteiger partial charge in [-0.1, -0.05) is 6.42 Å². The van der Waals surface area contributed by atoms with Gasteiger partial charge >= 0.3 is 5.63 Å². The molecule has 4 heteroatoms. The van der Waals surface area contributed by atoms with Gasteiger partial charge in [0.2, 0.25) is 0 Å². The summed E-state index contributed by atoms with van der Waals surface area (Å²) >= 11 is 0. The second kappa shape index (κ2) is 4.72. The molecule has 0 aromatic carbocycles. The van der Waals surface area contributed by atoms with Gasteiger partial charge in [0, 0.05) is 18.5 Å². The lowest BCUT2D eigenvalue weighted by atomic mass is 9.83. The van der Waals surface area contributed by atoms with Crippen molar-refractivity contribution < 1.29 is 9.21 Å². The summed E-state index contributed by atoms with van der Waals surface area (Å²) in [6.07, 6.45) is 6.79. The summed E-state index contributed by atoms with van der Waals surface area (Å²) in [5.41, 5.74) is 0.594. The highest BCUT2D eigenvalue weighted by Crippen LogP contribution is 2.39. The molecule has 2 saturated carbocycles. The average Bonchev–Trinajstić information content (AvgIpc) is 2.97. The first-order chi connectivity index (χ1) is 10.1. The number of carbonyl (C=O) groups is 1. The Morgan fingerprint density at radius 3 is 2.62 bits per heavy atom. The molecule has 3 fully saturated rings. The monoisotopic (exact) mass is 287 g/mol. The summed E-state index contributed by atoms with van der Waals surface area (Å²) < 4.78 is 5.45. The summed E-state index contributed by atoms with van der Waals surface area (Å²) in [7, 11) is 0. The molecule has 4 rings (SSSR count). The Kier molecular flexibility index (Phi) is 2.95. The highest BCUT2D eigenvalue weighted by atomic mass is 16.4. The first kappa shape index (κ1) is 13.1. The zero-order chi connectivity index (χ0) is 14.6. The van der Waals surface area contributed by atoms with E-state index in [9.17, 15) is 9.59 Å². The summed E-state index contributed by atoms with van der Waals surface area (Å²) in [4.78, 5) is 26.9. The number of likely N-dealkylation sites (tertiary alicyclic amines) is 1. The van der Waals surface area contributed by atoms with Crippen molar-refractivity contribution in [2.24, 2.45) is 5.92 Å². The molecule has 1 aromatic rings. The van der Waals surface area contributed by atoms with Crippen molar-refractivity contribution in [3.8, 4) is 0 Å². The number of carbonyl (C=O) groups excluding carboxylic acids is 1. The van der Waals surface area contributed by atoms with E-state index in [0.717, 1.165) is 43.6 Å². The van der Waals surface area contributed by atoms with Crippen molar-refractivity contribution in [3.05, 3.63) is 33.4 Å². The maximum Gasteiger partial charge on any atom is 0.349 e. The molecule has 1 aliphatic heterocycles. The van der Waals surface area contributed by atoms with Crippen molar-refractivity contribution in [1.82, 2.24) is 4.90 Å². The van der Waals surface area contributed by atoms with Gasteiger partial charge in [-0.3, -0.25) is 4.79 Å². The van der Waals surface area contributed by atoms with Gasteiger partial charge in [0.15, 0.2) is 0 Å². The second-order valence-corrected chi connectivity index (χ2v) is 6.91. The van der Waals surface area contributed by atoms with E-state index >= 15 is 0 Å². The first-order valence-corrected chi connectivity index (χ1v) is 8.09. The van der Waals surface area contributed by atoms with Gasteiger partial charge in [-0.2, -0.15) is 0 Å². The summed E-state index contributed by atoms with van der Waals surface area (Å²) in [6, 6.07) is 2.25. The van der Waals surface area contributed by atoms with E-state index in [4.69, 9.17) is 4.42 Å². The second-order valence-electron chi connectivity index (χ2n) is 6.91. The van der Waals surface area contributed by atoms with Gasteiger partial charge in [0.25, 0.3) is 5.91 Å². The number of amides is 1. The topological polar surface area (TPSA) is 50.5 Å². The minimum atomic E-state index is -0.440. The van der Waals surface area contributed by atoms with Crippen LogP contribution in [-0.4, -0.2) is 23.4 Å². The fourth-order valence-electron chi connectivity index (χ4n) is 4.10. The van der Waals surface area contributed by atoms with Crippen LogP contribution in [-0.2, 0) is 0 Å².